The van der Waals surface area contributed by atoms with Gasteiger partial charge in [-0.15, -0.1) is 10.2 Å². The lowest BCUT2D eigenvalue weighted by Gasteiger charge is -2.21. The van der Waals surface area contributed by atoms with Crippen molar-refractivity contribution in [1.29, 1.82) is 0 Å². The molecule has 3 rings (SSSR count). The summed E-state index contributed by atoms with van der Waals surface area (Å²) in [6.07, 6.45) is 9.43. The Kier molecular flexibility index (Phi) is 4.83. The molecular formula is C17H21N3O2. The molecule has 22 heavy (non-hydrogen) atoms. The maximum absolute atomic E-state index is 12.1. The third-order valence-corrected chi connectivity index (χ3v) is 4.26. The maximum atomic E-state index is 12.1. The van der Waals surface area contributed by atoms with Crippen molar-refractivity contribution in [3.8, 4) is 11.5 Å². The third-order valence-electron chi connectivity index (χ3n) is 4.26. The highest BCUT2D eigenvalue weighted by Crippen LogP contribution is 2.27. The van der Waals surface area contributed by atoms with Gasteiger partial charge < -0.3 is 9.73 Å². The van der Waals surface area contributed by atoms with Crippen molar-refractivity contribution in [1.82, 2.24) is 10.2 Å². The monoisotopic (exact) mass is 299 g/mol. The SMILES string of the molecule is O=C(CCC1CCCCC1)Nc1cccc(-c2nnco2)c1. The number of amides is 1. The molecule has 1 aliphatic rings. The highest BCUT2D eigenvalue weighted by Gasteiger charge is 2.15. The van der Waals surface area contributed by atoms with E-state index in [1.165, 1.54) is 38.5 Å². The molecule has 1 saturated carbocycles. The Morgan fingerprint density at radius 1 is 1.27 bits per heavy atom. The Morgan fingerprint density at radius 2 is 2.14 bits per heavy atom. The number of hydrogen-bond donors (Lipinski definition) is 1. The van der Waals surface area contributed by atoms with Gasteiger partial charge in [-0.25, -0.2) is 0 Å². The van der Waals surface area contributed by atoms with Crippen LogP contribution in [0.5, 0.6) is 0 Å². The Labute approximate surface area is 130 Å². The molecule has 0 spiro atoms. The summed E-state index contributed by atoms with van der Waals surface area (Å²) in [4.78, 5) is 12.1. The molecule has 2 aromatic rings. The lowest BCUT2D eigenvalue weighted by Crippen LogP contribution is -2.14. The fourth-order valence-corrected chi connectivity index (χ4v) is 3.06. The average Bonchev–Trinajstić information content (AvgIpc) is 3.09. The second-order valence-corrected chi connectivity index (χ2v) is 5.92. The van der Waals surface area contributed by atoms with Crippen LogP contribution in [0.2, 0.25) is 0 Å². The molecule has 1 N–H and O–H groups in total. The second-order valence-electron chi connectivity index (χ2n) is 5.92. The molecule has 0 aliphatic heterocycles. The van der Waals surface area contributed by atoms with Gasteiger partial charge in [0.25, 0.3) is 0 Å². The summed E-state index contributed by atoms with van der Waals surface area (Å²) in [5, 5.41) is 10.5. The van der Waals surface area contributed by atoms with E-state index in [0.717, 1.165) is 23.6 Å². The van der Waals surface area contributed by atoms with Crippen LogP contribution in [0.4, 0.5) is 5.69 Å². The summed E-state index contributed by atoms with van der Waals surface area (Å²) < 4.78 is 5.17. The standard InChI is InChI=1S/C17H21N3O2/c21-16(10-9-13-5-2-1-3-6-13)19-15-8-4-7-14(11-15)17-20-18-12-22-17/h4,7-8,11-13H,1-3,5-6,9-10H2,(H,19,21). The van der Waals surface area contributed by atoms with Gasteiger partial charge in [0.1, 0.15) is 0 Å². The first-order chi connectivity index (χ1) is 10.8. The topological polar surface area (TPSA) is 68.0 Å². The largest absolute Gasteiger partial charge is 0.423 e. The number of benzene rings is 1. The van der Waals surface area contributed by atoms with E-state index >= 15 is 0 Å². The average molecular weight is 299 g/mol. The number of nitrogens with one attached hydrogen (secondary N) is 1. The van der Waals surface area contributed by atoms with Gasteiger partial charge >= 0.3 is 0 Å². The molecule has 1 aromatic carbocycles. The van der Waals surface area contributed by atoms with Crippen molar-refractivity contribution in [3.05, 3.63) is 30.7 Å². The van der Waals surface area contributed by atoms with Crippen molar-refractivity contribution < 1.29 is 9.21 Å². The Morgan fingerprint density at radius 3 is 2.91 bits per heavy atom. The first kappa shape index (κ1) is 14.8. The summed E-state index contributed by atoms with van der Waals surface area (Å²) in [6, 6.07) is 7.48. The molecule has 1 amide bonds. The van der Waals surface area contributed by atoms with Crippen LogP contribution in [0.15, 0.2) is 35.1 Å². The molecule has 0 bridgehead atoms. The summed E-state index contributed by atoms with van der Waals surface area (Å²) in [6.45, 7) is 0. The molecule has 0 saturated heterocycles. The quantitative estimate of drug-likeness (QED) is 0.904. The highest BCUT2D eigenvalue weighted by atomic mass is 16.4. The van der Waals surface area contributed by atoms with Crippen molar-refractivity contribution in [2.75, 3.05) is 5.32 Å². The molecule has 0 unspecified atom stereocenters. The van der Waals surface area contributed by atoms with E-state index in [4.69, 9.17) is 4.42 Å². The molecule has 0 atom stereocenters. The van der Waals surface area contributed by atoms with Gasteiger partial charge in [0, 0.05) is 17.7 Å². The van der Waals surface area contributed by atoms with Crippen LogP contribution < -0.4 is 5.32 Å². The zero-order valence-electron chi connectivity index (χ0n) is 12.6. The van der Waals surface area contributed by atoms with E-state index in [2.05, 4.69) is 15.5 Å². The Hall–Kier alpha value is -2.17. The number of hydrogen-bond acceptors (Lipinski definition) is 4. The van der Waals surface area contributed by atoms with Crippen molar-refractivity contribution in [2.45, 2.75) is 44.9 Å². The maximum Gasteiger partial charge on any atom is 0.247 e. The highest BCUT2D eigenvalue weighted by molar-refractivity contribution is 5.91. The Bertz CT molecular complexity index is 604. The first-order valence-corrected chi connectivity index (χ1v) is 7.98. The summed E-state index contributed by atoms with van der Waals surface area (Å²) >= 11 is 0. The number of anilines is 1. The van der Waals surface area contributed by atoms with Crippen LogP contribution in [0, 0.1) is 5.92 Å². The molecule has 0 radical (unpaired) electrons. The van der Waals surface area contributed by atoms with Gasteiger partial charge in [-0.05, 0) is 30.5 Å². The minimum Gasteiger partial charge on any atom is -0.423 e. The van der Waals surface area contributed by atoms with E-state index in [-0.39, 0.29) is 5.91 Å². The molecular weight excluding hydrogens is 278 g/mol. The number of rotatable bonds is 5. The minimum absolute atomic E-state index is 0.0771. The van der Waals surface area contributed by atoms with E-state index < -0.39 is 0 Å². The fraction of sp³-hybridized carbons (Fsp3) is 0.471. The smallest absolute Gasteiger partial charge is 0.247 e. The van der Waals surface area contributed by atoms with Crippen LogP contribution in [0.3, 0.4) is 0 Å². The molecule has 116 valence electrons. The zero-order chi connectivity index (χ0) is 15.2. The Balaban J connectivity index is 1.54. The molecule has 1 fully saturated rings. The van der Waals surface area contributed by atoms with Gasteiger partial charge in [-0.1, -0.05) is 38.2 Å². The summed E-state index contributed by atoms with van der Waals surface area (Å²) in [7, 11) is 0. The predicted molar refractivity (Wildman–Crippen MR) is 84.2 cm³/mol. The van der Waals surface area contributed by atoms with E-state index in [9.17, 15) is 4.79 Å². The number of carbonyl (C=O) groups excluding carboxylic acids is 1. The summed E-state index contributed by atoms with van der Waals surface area (Å²) in [5.41, 5.74) is 1.58. The van der Waals surface area contributed by atoms with Crippen molar-refractivity contribution in [2.24, 2.45) is 5.92 Å². The van der Waals surface area contributed by atoms with E-state index in [0.29, 0.717) is 12.3 Å². The summed E-state index contributed by atoms with van der Waals surface area (Å²) in [5.74, 6) is 1.26. The van der Waals surface area contributed by atoms with Gasteiger partial charge in [0.05, 0.1) is 0 Å². The second kappa shape index (κ2) is 7.20. The lowest BCUT2D eigenvalue weighted by atomic mass is 9.86. The molecule has 5 nitrogen and oxygen atoms in total. The molecule has 1 heterocycles. The first-order valence-electron chi connectivity index (χ1n) is 7.98. The van der Waals surface area contributed by atoms with Crippen LogP contribution in [0.1, 0.15) is 44.9 Å². The van der Waals surface area contributed by atoms with E-state index in [1.54, 1.807) is 0 Å². The third kappa shape index (κ3) is 3.93. The van der Waals surface area contributed by atoms with Crippen LogP contribution in [-0.4, -0.2) is 16.1 Å². The normalized spacial score (nSPS) is 15.6. The van der Waals surface area contributed by atoms with Crippen LogP contribution in [0.25, 0.3) is 11.5 Å². The molecule has 1 aromatic heterocycles. The van der Waals surface area contributed by atoms with Gasteiger partial charge in [0.2, 0.25) is 18.2 Å². The van der Waals surface area contributed by atoms with Crippen molar-refractivity contribution >= 4 is 11.6 Å². The predicted octanol–water partition coefficient (Wildman–Crippen LogP) is 4.04. The number of carbonyl (C=O) groups is 1. The van der Waals surface area contributed by atoms with Crippen LogP contribution in [-0.2, 0) is 4.79 Å². The van der Waals surface area contributed by atoms with E-state index in [1.807, 2.05) is 24.3 Å². The minimum atomic E-state index is 0.0771. The number of nitrogens with zero attached hydrogens (tertiary/aromatic N) is 2. The van der Waals surface area contributed by atoms with Gasteiger partial charge in [-0.3, -0.25) is 4.79 Å². The van der Waals surface area contributed by atoms with Crippen molar-refractivity contribution in [3.63, 3.8) is 0 Å². The van der Waals surface area contributed by atoms with Crippen LogP contribution >= 0.6 is 0 Å². The van der Waals surface area contributed by atoms with Gasteiger partial charge in [0.15, 0.2) is 0 Å². The molecule has 1 aliphatic carbocycles. The van der Waals surface area contributed by atoms with Gasteiger partial charge in [-0.2, -0.15) is 0 Å². The molecule has 5 heteroatoms. The zero-order valence-corrected chi connectivity index (χ0v) is 12.6. The fourth-order valence-electron chi connectivity index (χ4n) is 3.06. The number of aromatic nitrogens is 2. The lowest BCUT2D eigenvalue weighted by molar-refractivity contribution is -0.116.